The normalized spacial score (nSPS) is 10.7. The fourth-order valence-electron chi connectivity index (χ4n) is 2.37. The summed E-state index contributed by atoms with van der Waals surface area (Å²) >= 11 is 0. The molecule has 0 bridgehead atoms. The second-order valence-electron chi connectivity index (χ2n) is 5.56. The van der Waals surface area contributed by atoms with Crippen LogP contribution in [0.3, 0.4) is 0 Å². The van der Waals surface area contributed by atoms with Gasteiger partial charge in [0, 0.05) is 19.5 Å². The van der Waals surface area contributed by atoms with Gasteiger partial charge in [0.2, 0.25) is 5.91 Å². The van der Waals surface area contributed by atoms with E-state index in [1.807, 2.05) is 4.90 Å². The molecule has 0 fully saturated rings. The lowest BCUT2D eigenvalue weighted by molar-refractivity contribution is -0.132. The molecule has 0 aliphatic heterocycles. The van der Waals surface area contributed by atoms with E-state index in [9.17, 15) is 9.18 Å². The van der Waals surface area contributed by atoms with Crippen molar-refractivity contribution in [3.8, 4) is 0 Å². The van der Waals surface area contributed by atoms with Crippen LogP contribution in [0.4, 0.5) is 4.39 Å². The first-order valence-electron chi connectivity index (χ1n) is 8.03. The molecule has 6 heteroatoms. The molecule has 1 heterocycles. The minimum absolute atomic E-state index is 0.0842. The van der Waals surface area contributed by atoms with Gasteiger partial charge in [0.25, 0.3) is 0 Å². The summed E-state index contributed by atoms with van der Waals surface area (Å²) in [5, 5.41) is 4.01. The minimum atomic E-state index is -0.260. The van der Waals surface area contributed by atoms with Crippen LogP contribution in [0.25, 0.3) is 0 Å². The number of hydrogen-bond acceptors (Lipinski definition) is 3. The summed E-state index contributed by atoms with van der Waals surface area (Å²) in [7, 11) is 0. The van der Waals surface area contributed by atoms with Crippen molar-refractivity contribution in [2.45, 2.75) is 45.7 Å². The first kappa shape index (κ1) is 17.1. The molecular formula is C17H23FN4O. The Morgan fingerprint density at radius 1 is 1.26 bits per heavy atom. The number of amides is 1. The lowest BCUT2D eigenvalue weighted by Gasteiger charge is -2.23. The molecule has 0 N–H and O–H groups in total. The van der Waals surface area contributed by atoms with Crippen molar-refractivity contribution < 1.29 is 9.18 Å². The molecule has 0 aliphatic carbocycles. The van der Waals surface area contributed by atoms with Crippen molar-refractivity contribution >= 4 is 5.91 Å². The first-order valence-corrected chi connectivity index (χ1v) is 8.03. The van der Waals surface area contributed by atoms with Crippen LogP contribution in [0.2, 0.25) is 0 Å². The van der Waals surface area contributed by atoms with Gasteiger partial charge in [-0.1, -0.05) is 31.9 Å². The number of nitrogens with zero attached hydrogens (tertiary/aromatic N) is 4. The Kier molecular flexibility index (Phi) is 6.72. The Balaban J connectivity index is 1.94. The summed E-state index contributed by atoms with van der Waals surface area (Å²) in [6.07, 6.45) is 6.63. The van der Waals surface area contributed by atoms with Gasteiger partial charge in [-0.25, -0.2) is 9.37 Å². The van der Waals surface area contributed by atoms with E-state index < -0.39 is 0 Å². The van der Waals surface area contributed by atoms with Crippen molar-refractivity contribution in [1.82, 2.24) is 19.7 Å². The third-order valence-electron chi connectivity index (χ3n) is 3.69. The fourth-order valence-corrected chi connectivity index (χ4v) is 2.37. The standard InChI is InChI=1S/C17H23FN4O/c1-2-3-4-10-21(12-15-5-7-16(18)8-6-15)17(23)9-11-22-14-19-13-20-22/h5-8,13-14H,2-4,9-12H2,1H3. The highest BCUT2D eigenvalue weighted by atomic mass is 19.1. The van der Waals surface area contributed by atoms with Crippen LogP contribution in [0.1, 0.15) is 38.2 Å². The predicted molar refractivity (Wildman–Crippen MR) is 86.0 cm³/mol. The molecule has 2 rings (SSSR count). The molecule has 1 aromatic carbocycles. The highest BCUT2D eigenvalue weighted by Gasteiger charge is 2.14. The molecule has 1 amide bonds. The monoisotopic (exact) mass is 318 g/mol. The van der Waals surface area contributed by atoms with Crippen molar-refractivity contribution in [3.05, 3.63) is 48.3 Å². The molecular weight excluding hydrogens is 295 g/mol. The zero-order valence-electron chi connectivity index (χ0n) is 13.5. The van der Waals surface area contributed by atoms with E-state index >= 15 is 0 Å². The van der Waals surface area contributed by atoms with Crippen LogP contribution < -0.4 is 0 Å². The summed E-state index contributed by atoms with van der Waals surface area (Å²) in [6.45, 7) is 3.89. The molecule has 0 unspecified atom stereocenters. The second-order valence-corrected chi connectivity index (χ2v) is 5.56. The van der Waals surface area contributed by atoms with Crippen LogP contribution in [0, 0.1) is 5.82 Å². The van der Waals surface area contributed by atoms with Crippen LogP contribution in [0.5, 0.6) is 0 Å². The van der Waals surface area contributed by atoms with Gasteiger partial charge < -0.3 is 4.90 Å². The van der Waals surface area contributed by atoms with Crippen LogP contribution in [-0.2, 0) is 17.9 Å². The molecule has 0 spiro atoms. The van der Waals surface area contributed by atoms with Gasteiger partial charge in [0.15, 0.2) is 0 Å². The average molecular weight is 318 g/mol. The lowest BCUT2D eigenvalue weighted by Crippen LogP contribution is -2.32. The molecule has 5 nitrogen and oxygen atoms in total. The smallest absolute Gasteiger partial charge is 0.224 e. The van der Waals surface area contributed by atoms with Crippen LogP contribution in [-0.4, -0.2) is 32.1 Å². The molecule has 0 radical (unpaired) electrons. The summed E-state index contributed by atoms with van der Waals surface area (Å²) in [5.41, 5.74) is 0.942. The number of halogens is 1. The number of aromatic nitrogens is 3. The molecule has 124 valence electrons. The number of aryl methyl sites for hydroxylation is 1. The van der Waals surface area contributed by atoms with Crippen molar-refractivity contribution in [2.75, 3.05) is 6.54 Å². The number of carbonyl (C=O) groups excluding carboxylic acids is 1. The van der Waals surface area contributed by atoms with E-state index in [2.05, 4.69) is 17.0 Å². The topological polar surface area (TPSA) is 51.0 Å². The second kappa shape index (κ2) is 9.02. The molecule has 2 aromatic rings. The van der Waals surface area contributed by atoms with E-state index in [1.54, 1.807) is 23.1 Å². The fraction of sp³-hybridized carbons (Fsp3) is 0.471. The van der Waals surface area contributed by atoms with E-state index in [-0.39, 0.29) is 11.7 Å². The minimum Gasteiger partial charge on any atom is -0.338 e. The highest BCUT2D eigenvalue weighted by molar-refractivity contribution is 5.76. The van der Waals surface area contributed by atoms with E-state index in [4.69, 9.17) is 0 Å². The number of carbonyl (C=O) groups is 1. The molecule has 0 saturated heterocycles. The zero-order chi connectivity index (χ0) is 16.5. The van der Waals surface area contributed by atoms with Crippen LogP contribution >= 0.6 is 0 Å². The summed E-state index contributed by atoms with van der Waals surface area (Å²) in [5.74, 6) is -0.176. The Morgan fingerprint density at radius 3 is 2.70 bits per heavy atom. The van der Waals surface area contributed by atoms with E-state index in [1.165, 1.54) is 18.5 Å². The van der Waals surface area contributed by atoms with Gasteiger partial charge in [-0.2, -0.15) is 5.10 Å². The third kappa shape index (κ3) is 5.81. The molecule has 0 atom stereocenters. The lowest BCUT2D eigenvalue weighted by atomic mass is 10.1. The molecule has 23 heavy (non-hydrogen) atoms. The Labute approximate surface area is 136 Å². The summed E-state index contributed by atoms with van der Waals surface area (Å²) in [6, 6.07) is 6.32. The number of hydrogen-bond donors (Lipinski definition) is 0. The average Bonchev–Trinajstić information content (AvgIpc) is 3.07. The molecule has 0 aliphatic rings. The Hall–Kier alpha value is -2.24. The van der Waals surface area contributed by atoms with Gasteiger partial charge in [0.1, 0.15) is 18.5 Å². The zero-order valence-corrected chi connectivity index (χ0v) is 13.5. The molecule has 1 aromatic heterocycles. The third-order valence-corrected chi connectivity index (χ3v) is 3.69. The van der Waals surface area contributed by atoms with Gasteiger partial charge >= 0.3 is 0 Å². The number of rotatable bonds is 9. The van der Waals surface area contributed by atoms with Gasteiger partial charge in [-0.15, -0.1) is 0 Å². The van der Waals surface area contributed by atoms with E-state index in [0.29, 0.717) is 19.5 Å². The van der Waals surface area contributed by atoms with Crippen molar-refractivity contribution in [3.63, 3.8) is 0 Å². The van der Waals surface area contributed by atoms with Gasteiger partial charge in [-0.05, 0) is 24.1 Å². The predicted octanol–water partition coefficient (Wildman–Crippen LogP) is 3.03. The van der Waals surface area contributed by atoms with E-state index in [0.717, 1.165) is 31.4 Å². The van der Waals surface area contributed by atoms with Gasteiger partial charge in [0.05, 0.1) is 6.54 Å². The van der Waals surface area contributed by atoms with Crippen molar-refractivity contribution in [2.24, 2.45) is 0 Å². The summed E-state index contributed by atoms with van der Waals surface area (Å²) < 4.78 is 14.7. The largest absolute Gasteiger partial charge is 0.338 e. The Bertz CT molecular complexity index is 583. The maximum absolute atomic E-state index is 13.0. The maximum atomic E-state index is 13.0. The molecule has 0 saturated carbocycles. The SMILES string of the molecule is CCCCCN(Cc1ccc(F)cc1)C(=O)CCn1cncn1. The van der Waals surface area contributed by atoms with Crippen LogP contribution in [0.15, 0.2) is 36.9 Å². The Morgan fingerprint density at radius 2 is 2.04 bits per heavy atom. The maximum Gasteiger partial charge on any atom is 0.224 e. The quantitative estimate of drug-likeness (QED) is 0.668. The highest BCUT2D eigenvalue weighted by Crippen LogP contribution is 2.10. The number of unbranched alkanes of at least 4 members (excludes halogenated alkanes) is 2. The first-order chi connectivity index (χ1) is 11.2. The number of benzene rings is 1. The van der Waals surface area contributed by atoms with Gasteiger partial charge in [-0.3, -0.25) is 9.48 Å². The summed E-state index contributed by atoms with van der Waals surface area (Å²) in [4.78, 5) is 18.2. The van der Waals surface area contributed by atoms with Crippen molar-refractivity contribution in [1.29, 1.82) is 0 Å².